The first kappa shape index (κ1) is 20.2. The van der Waals surface area contributed by atoms with E-state index in [9.17, 15) is 18.4 Å². The van der Waals surface area contributed by atoms with Crippen LogP contribution in [0.5, 0.6) is 11.5 Å². The Morgan fingerprint density at radius 1 is 1.15 bits per heavy atom. The van der Waals surface area contributed by atoms with Gasteiger partial charge in [0.2, 0.25) is 0 Å². The van der Waals surface area contributed by atoms with Gasteiger partial charge >= 0.3 is 12.6 Å². The Balaban J connectivity index is 2.27. The van der Waals surface area contributed by atoms with Gasteiger partial charge in [-0.1, -0.05) is 24.3 Å². The molecule has 2 rings (SSSR count). The third-order valence-corrected chi connectivity index (χ3v) is 3.89. The van der Waals surface area contributed by atoms with Gasteiger partial charge in [0, 0.05) is 5.56 Å². The number of hydrogen-bond donors (Lipinski definition) is 2. The zero-order valence-electron chi connectivity index (χ0n) is 14.7. The van der Waals surface area contributed by atoms with E-state index in [4.69, 9.17) is 9.84 Å². The number of aliphatic carboxylic acids is 1. The molecule has 8 heteroatoms. The molecule has 2 aromatic rings. The summed E-state index contributed by atoms with van der Waals surface area (Å²) < 4.78 is 34.1. The molecule has 1 amide bonds. The second kappa shape index (κ2) is 8.98. The Morgan fingerprint density at radius 3 is 2.44 bits per heavy atom. The fraction of sp³-hybridized carbons (Fsp3) is 0.263. The molecule has 0 aromatic heterocycles. The molecule has 1 atom stereocenters. The first-order valence-electron chi connectivity index (χ1n) is 8.03. The number of benzene rings is 2. The summed E-state index contributed by atoms with van der Waals surface area (Å²) in [6, 6.07) is 10.1. The van der Waals surface area contributed by atoms with E-state index in [1.165, 1.54) is 25.3 Å². The van der Waals surface area contributed by atoms with Crippen molar-refractivity contribution in [2.75, 3.05) is 7.11 Å². The first-order valence-corrected chi connectivity index (χ1v) is 8.03. The topological polar surface area (TPSA) is 84.9 Å². The normalized spacial score (nSPS) is 11.7. The molecular weight excluding hydrogens is 360 g/mol. The van der Waals surface area contributed by atoms with Gasteiger partial charge in [0.25, 0.3) is 5.91 Å². The molecule has 1 unspecified atom stereocenters. The Hall–Kier alpha value is -3.16. The van der Waals surface area contributed by atoms with Gasteiger partial charge in [-0.3, -0.25) is 9.59 Å². The smallest absolute Gasteiger partial charge is 0.387 e. The lowest BCUT2D eigenvalue weighted by molar-refractivity contribution is -0.137. The highest BCUT2D eigenvalue weighted by molar-refractivity contribution is 5.95. The minimum atomic E-state index is -3.03. The van der Waals surface area contributed by atoms with Crippen molar-refractivity contribution in [3.63, 3.8) is 0 Å². The van der Waals surface area contributed by atoms with Gasteiger partial charge in [-0.25, -0.2) is 0 Å². The van der Waals surface area contributed by atoms with Gasteiger partial charge < -0.3 is 19.9 Å². The highest BCUT2D eigenvalue weighted by Gasteiger charge is 2.21. The predicted octanol–water partition coefficient (Wildman–Crippen LogP) is 3.55. The lowest BCUT2D eigenvalue weighted by Gasteiger charge is -2.20. The van der Waals surface area contributed by atoms with E-state index in [0.717, 1.165) is 5.56 Å². The predicted molar refractivity (Wildman–Crippen MR) is 93.3 cm³/mol. The van der Waals surface area contributed by atoms with Gasteiger partial charge in [0.1, 0.15) is 0 Å². The number of ether oxygens (including phenoxy) is 2. The number of carbonyl (C=O) groups excluding carboxylic acids is 1. The fourth-order valence-electron chi connectivity index (χ4n) is 2.63. The van der Waals surface area contributed by atoms with Crippen LogP contribution in [-0.2, 0) is 4.79 Å². The number of carbonyl (C=O) groups is 2. The molecule has 0 heterocycles. The van der Waals surface area contributed by atoms with Gasteiger partial charge in [0.05, 0.1) is 19.6 Å². The number of alkyl halides is 2. The molecule has 2 aromatic carbocycles. The van der Waals surface area contributed by atoms with E-state index in [-0.39, 0.29) is 23.5 Å². The van der Waals surface area contributed by atoms with E-state index in [2.05, 4.69) is 10.1 Å². The maximum Gasteiger partial charge on any atom is 0.387 e. The lowest BCUT2D eigenvalue weighted by Crippen LogP contribution is -2.30. The monoisotopic (exact) mass is 379 g/mol. The number of carboxylic acid groups (broad SMARTS) is 1. The molecule has 0 saturated heterocycles. The standard InChI is InChI=1S/C19H19F2NO5/c1-11-5-3-4-6-13(11)14(10-17(23)24)22-18(25)12-7-8-15(27-19(20)21)16(9-12)26-2/h3-9,14,19H,10H2,1-2H3,(H,22,25)(H,23,24). The van der Waals surface area contributed by atoms with Crippen molar-refractivity contribution in [2.45, 2.75) is 26.0 Å². The van der Waals surface area contributed by atoms with Crippen LogP contribution in [0.3, 0.4) is 0 Å². The number of amides is 1. The summed E-state index contributed by atoms with van der Waals surface area (Å²) in [6.45, 7) is -1.21. The Labute approximate surface area is 154 Å². The molecule has 2 N–H and O–H groups in total. The van der Waals surface area contributed by atoms with Crippen LogP contribution >= 0.6 is 0 Å². The maximum atomic E-state index is 12.6. The molecule has 0 aliphatic carbocycles. The highest BCUT2D eigenvalue weighted by atomic mass is 19.3. The molecule has 0 aliphatic heterocycles. The molecule has 0 saturated carbocycles. The number of methoxy groups -OCH3 is 1. The van der Waals surface area contributed by atoms with Crippen molar-refractivity contribution in [3.8, 4) is 11.5 Å². The van der Waals surface area contributed by atoms with Crippen LogP contribution < -0.4 is 14.8 Å². The third-order valence-electron chi connectivity index (χ3n) is 3.89. The van der Waals surface area contributed by atoms with Crippen LogP contribution in [0.2, 0.25) is 0 Å². The molecule has 144 valence electrons. The first-order chi connectivity index (χ1) is 12.8. The molecule has 0 aliphatic rings. The summed E-state index contributed by atoms with van der Waals surface area (Å²) in [5.74, 6) is -1.87. The van der Waals surface area contributed by atoms with E-state index in [1.807, 2.05) is 19.1 Å². The van der Waals surface area contributed by atoms with Crippen molar-refractivity contribution in [2.24, 2.45) is 0 Å². The maximum absolute atomic E-state index is 12.6. The largest absolute Gasteiger partial charge is 0.493 e. The van der Waals surface area contributed by atoms with Gasteiger partial charge in [-0.15, -0.1) is 0 Å². The average Bonchev–Trinajstić information content (AvgIpc) is 2.61. The number of halogens is 2. The SMILES string of the molecule is COc1cc(C(=O)NC(CC(=O)O)c2ccccc2C)ccc1OC(F)F. The summed E-state index contributed by atoms with van der Waals surface area (Å²) in [6.07, 6.45) is -0.305. The Bertz CT molecular complexity index is 825. The van der Waals surface area contributed by atoms with Crippen molar-refractivity contribution < 1.29 is 33.0 Å². The average molecular weight is 379 g/mol. The van der Waals surface area contributed by atoms with E-state index >= 15 is 0 Å². The van der Waals surface area contributed by atoms with Crippen LogP contribution in [-0.4, -0.2) is 30.7 Å². The van der Waals surface area contributed by atoms with Crippen molar-refractivity contribution >= 4 is 11.9 Å². The van der Waals surface area contributed by atoms with E-state index in [0.29, 0.717) is 5.56 Å². The molecule has 27 heavy (non-hydrogen) atoms. The number of rotatable bonds is 8. The second-order valence-electron chi connectivity index (χ2n) is 5.72. The molecule has 0 fully saturated rings. The summed E-state index contributed by atoms with van der Waals surface area (Å²) in [4.78, 5) is 23.8. The minimum absolute atomic E-state index is 0.0337. The van der Waals surface area contributed by atoms with Gasteiger partial charge in [0.15, 0.2) is 11.5 Å². The van der Waals surface area contributed by atoms with Crippen LogP contribution in [0.1, 0.15) is 33.9 Å². The summed E-state index contributed by atoms with van der Waals surface area (Å²) in [7, 11) is 1.26. The second-order valence-corrected chi connectivity index (χ2v) is 5.72. The summed E-state index contributed by atoms with van der Waals surface area (Å²) >= 11 is 0. The van der Waals surface area contributed by atoms with Crippen molar-refractivity contribution in [1.29, 1.82) is 0 Å². The lowest BCUT2D eigenvalue weighted by atomic mass is 9.98. The van der Waals surface area contributed by atoms with Crippen LogP contribution in [0, 0.1) is 6.92 Å². The molecule has 6 nitrogen and oxygen atoms in total. The van der Waals surface area contributed by atoms with Crippen LogP contribution in [0.4, 0.5) is 8.78 Å². The molecule has 0 spiro atoms. The molecule has 0 radical (unpaired) electrons. The van der Waals surface area contributed by atoms with Crippen molar-refractivity contribution in [1.82, 2.24) is 5.32 Å². The zero-order chi connectivity index (χ0) is 20.0. The number of aryl methyl sites for hydroxylation is 1. The van der Waals surface area contributed by atoms with E-state index < -0.39 is 24.5 Å². The zero-order valence-corrected chi connectivity index (χ0v) is 14.7. The van der Waals surface area contributed by atoms with Crippen LogP contribution in [0.25, 0.3) is 0 Å². The Morgan fingerprint density at radius 2 is 1.85 bits per heavy atom. The molecule has 0 bridgehead atoms. The summed E-state index contributed by atoms with van der Waals surface area (Å²) in [5.41, 5.74) is 1.64. The fourth-order valence-corrected chi connectivity index (χ4v) is 2.63. The van der Waals surface area contributed by atoms with Crippen molar-refractivity contribution in [3.05, 3.63) is 59.2 Å². The van der Waals surface area contributed by atoms with E-state index in [1.54, 1.807) is 12.1 Å². The number of hydrogen-bond acceptors (Lipinski definition) is 4. The third kappa shape index (κ3) is 5.40. The number of nitrogens with one attached hydrogen (secondary N) is 1. The van der Waals surface area contributed by atoms with Gasteiger partial charge in [-0.05, 0) is 36.2 Å². The highest BCUT2D eigenvalue weighted by Crippen LogP contribution is 2.30. The summed E-state index contributed by atoms with van der Waals surface area (Å²) in [5, 5.41) is 11.8. The van der Waals surface area contributed by atoms with Crippen LogP contribution in [0.15, 0.2) is 42.5 Å². The van der Waals surface area contributed by atoms with Gasteiger partial charge in [-0.2, -0.15) is 8.78 Å². The minimum Gasteiger partial charge on any atom is -0.493 e. The Kier molecular flexibility index (Phi) is 6.70. The quantitative estimate of drug-likeness (QED) is 0.733. The molecular formula is C19H19F2NO5. The number of carboxylic acids is 1.